The molecule has 0 fully saturated rings. The SMILES string of the molecule is COC[C@H](C)OC(=O)Cc1ccc(Nc2cc(Nc3ccccc3OC)c(C(N)=O)cn2)nc1. The summed E-state index contributed by atoms with van der Waals surface area (Å²) in [5.74, 6) is 0.577. The first-order chi connectivity index (χ1) is 16.4. The number of hydrogen-bond donors (Lipinski definition) is 3. The molecule has 10 nitrogen and oxygen atoms in total. The maximum Gasteiger partial charge on any atom is 0.310 e. The van der Waals surface area contributed by atoms with E-state index in [2.05, 4.69) is 20.6 Å². The Morgan fingerprint density at radius 1 is 1.00 bits per heavy atom. The summed E-state index contributed by atoms with van der Waals surface area (Å²) in [6.07, 6.45) is 2.74. The van der Waals surface area contributed by atoms with E-state index in [1.54, 1.807) is 51.6 Å². The van der Waals surface area contributed by atoms with Crippen molar-refractivity contribution in [1.29, 1.82) is 0 Å². The molecule has 2 heterocycles. The highest BCUT2D eigenvalue weighted by molar-refractivity contribution is 5.99. The first kappa shape index (κ1) is 24.5. The second-order valence-electron chi connectivity index (χ2n) is 7.41. The van der Waals surface area contributed by atoms with Crippen molar-refractivity contribution in [3.05, 3.63) is 66.0 Å². The Morgan fingerprint density at radius 2 is 1.76 bits per heavy atom. The maximum atomic E-state index is 12.0. The molecule has 2 aromatic heterocycles. The van der Waals surface area contributed by atoms with Gasteiger partial charge in [-0.05, 0) is 30.7 Å². The van der Waals surface area contributed by atoms with Gasteiger partial charge >= 0.3 is 5.97 Å². The number of primary amides is 1. The number of hydrogen-bond acceptors (Lipinski definition) is 9. The van der Waals surface area contributed by atoms with Gasteiger partial charge in [-0.15, -0.1) is 0 Å². The Labute approximate surface area is 197 Å². The van der Waals surface area contributed by atoms with Crippen molar-refractivity contribution in [3.63, 3.8) is 0 Å². The second-order valence-corrected chi connectivity index (χ2v) is 7.41. The maximum absolute atomic E-state index is 12.0. The number of benzene rings is 1. The van der Waals surface area contributed by atoms with Crippen molar-refractivity contribution in [3.8, 4) is 5.75 Å². The summed E-state index contributed by atoms with van der Waals surface area (Å²) in [4.78, 5) is 32.5. The summed E-state index contributed by atoms with van der Waals surface area (Å²) in [6, 6.07) is 12.4. The minimum absolute atomic E-state index is 0.0971. The van der Waals surface area contributed by atoms with Crippen LogP contribution in [0.5, 0.6) is 5.75 Å². The van der Waals surface area contributed by atoms with Crippen LogP contribution in [0.15, 0.2) is 54.9 Å². The number of nitrogens with two attached hydrogens (primary N) is 1. The van der Waals surface area contributed by atoms with Gasteiger partial charge in [0.15, 0.2) is 0 Å². The molecule has 0 aliphatic rings. The van der Waals surface area contributed by atoms with E-state index in [-0.39, 0.29) is 24.1 Å². The number of carbonyl (C=O) groups is 2. The molecule has 178 valence electrons. The minimum Gasteiger partial charge on any atom is -0.495 e. The van der Waals surface area contributed by atoms with Crippen LogP contribution >= 0.6 is 0 Å². The number of esters is 1. The zero-order chi connectivity index (χ0) is 24.5. The number of rotatable bonds is 11. The first-order valence-corrected chi connectivity index (χ1v) is 10.5. The molecule has 0 unspecified atom stereocenters. The van der Waals surface area contributed by atoms with Crippen LogP contribution in [0, 0.1) is 0 Å². The number of nitrogens with one attached hydrogen (secondary N) is 2. The highest BCUT2D eigenvalue weighted by atomic mass is 16.6. The number of anilines is 4. The average Bonchev–Trinajstić information content (AvgIpc) is 2.81. The lowest BCUT2D eigenvalue weighted by Crippen LogP contribution is -2.20. The van der Waals surface area contributed by atoms with E-state index in [1.807, 2.05) is 18.2 Å². The fourth-order valence-electron chi connectivity index (χ4n) is 3.15. The Bertz CT molecular complexity index is 1140. The zero-order valence-corrected chi connectivity index (χ0v) is 19.2. The number of pyridine rings is 2. The molecule has 0 saturated heterocycles. The van der Waals surface area contributed by atoms with Crippen molar-refractivity contribution >= 4 is 34.9 Å². The Balaban J connectivity index is 1.72. The van der Waals surface area contributed by atoms with Crippen molar-refractivity contribution < 1.29 is 23.8 Å². The lowest BCUT2D eigenvalue weighted by atomic mass is 10.2. The predicted molar refractivity (Wildman–Crippen MR) is 128 cm³/mol. The number of para-hydroxylation sites is 2. The highest BCUT2D eigenvalue weighted by Crippen LogP contribution is 2.30. The highest BCUT2D eigenvalue weighted by Gasteiger charge is 2.14. The summed E-state index contributed by atoms with van der Waals surface area (Å²) >= 11 is 0. The third-order valence-electron chi connectivity index (χ3n) is 4.71. The van der Waals surface area contributed by atoms with E-state index >= 15 is 0 Å². The number of nitrogens with zero attached hydrogens (tertiary/aromatic N) is 2. The fourth-order valence-corrected chi connectivity index (χ4v) is 3.15. The number of amides is 1. The van der Waals surface area contributed by atoms with Crippen molar-refractivity contribution in [2.24, 2.45) is 5.73 Å². The van der Waals surface area contributed by atoms with Crippen LogP contribution in [-0.4, -0.2) is 48.8 Å². The largest absolute Gasteiger partial charge is 0.495 e. The van der Waals surface area contributed by atoms with Crippen molar-refractivity contribution in [1.82, 2.24) is 9.97 Å². The average molecular weight is 466 g/mol. The van der Waals surface area contributed by atoms with E-state index in [0.29, 0.717) is 40.9 Å². The van der Waals surface area contributed by atoms with Crippen LogP contribution in [0.3, 0.4) is 0 Å². The van der Waals surface area contributed by atoms with E-state index in [4.69, 9.17) is 19.9 Å². The molecule has 0 bridgehead atoms. The van der Waals surface area contributed by atoms with Gasteiger partial charge in [-0.1, -0.05) is 18.2 Å². The third-order valence-corrected chi connectivity index (χ3v) is 4.71. The lowest BCUT2D eigenvalue weighted by molar-refractivity contribution is -0.149. The Morgan fingerprint density at radius 3 is 2.44 bits per heavy atom. The number of methoxy groups -OCH3 is 2. The zero-order valence-electron chi connectivity index (χ0n) is 19.2. The minimum atomic E-state index is -0.620. The summed E-state index contributed by atoms with van der Waals surface area (Å²) in [6.45, 7) is 2.10. The van der Waals surface area contributed by atoms with E-state index in [9.17, 15) is 9.59 Å². The third kappa shape index (κ3) is 6.66. The van der Waals surface area contributed by atoms with Gasteiger partial charge in [0.25, 0.3) is 5.91 Å². The summed E-state index contributed by atoms with van der Waals surface area (Å²) in [7, 11) is 3.11. The normalized spacial score (nSPS) is 11.4. The molecule has 1 atom stereocenters. The quantitative estimate of drug-likeness (QED) is 0.364. The molecule has 1 amide bonds. The molecule has 0 spiro atoms. The van der Waals surface area contributed by atoms with Gasteiger partial charge in [-0.2, -0.15) is 0 Å². The topological polar surface area (TPSA) is 138 Å². The van der Waals surface area contributed by atoms with E-state index in [1.165, 1.54) is 6.20 Å². The number of aromatic nitrogens is 2. The van der Waals surface area contributed by atoms with Gasteiger partial charge in [0.05, 0.1) is 37.1 Å². The molecule has 34 heavy (non-hydrogen) atoms. The second kappa shape index (κ2) is 11.6. The van der Waals surface area contributed by atoms with Crippen LogP contribution in [0.25, 0.3) is 0 Å². The smallest absolute Gasteiger partial charge is 0.310 e. The molecule has 0 radical (unpaired) electrons. The Hall–Kier alpha value is -4.18. The van der Waals surface area contributed by atoms with Gasteiger partial charge in [-0.25, -0.2) is 9.97 Å². The van der Waals surface area contributed by atoms with Gasteiger partial charge in [0.1, 0.15) is 23.5 Å². The van der Waals surface area contributed by atoms with Crippen LogP contribution in [0.4, 0.5) is 23.0 Å². The standard InChI is InChI=1S/C24H27N5O5/c1-15(14-32-2)34-23(30)10-16-8-9-21(26-12-16)29-22-11-19(17(13-27-22)24(25)31)28-18-6-4-5-7-20(18)33-3/h4-9,11-13,15H,10,14H2,1-3H3,(H2,25,31)(H2,26,27,28,29)/t15-/m0/s1. The molecule has 1 aromatic carbocycles. The van der Waals surface area contributed by atoms with E-state index < -0.39 is 5.91 Å². The summed E-state index contributed by atoms with van der Waals surface area (Å²) < 4.78 is 15.6. The molecular formula is C24H27N5O5. The molecule has 10 heteroatoms. The fraction of sp³-hybridized carbons (Fsp3) is 0.250. The first-order valence-electron chi connectivity index (χ1n) is 10.5. The van der Waals surface area contributed by atoms with Gasteiger partial charge in [0.2, 0.25) is 0 Å². The molecule has 0 aliphatic carbocycles. The van der Waals surface area contributed by atoms with Gasteiger partial charge in [-0.3, -0.25) is 9.59 Å². The number of carbonyl (C=O) groups excluding carboxylic acids is 2. The summed E-state index contributed by atoms with van der Waals surface area (Å²) in [5.41, 5.74) is 7.57. The molecular weight excluding hydrogens is 438 g/mol. The molecule has 3 rings (SSSR count). The molecule has 0 saturated carbocycles. The number of ether oxygens (including phenoxy) is 3. The van der Waals surface area contributed by atoms with E-state index in [0.717, 1.165) is 0 Å². The Kier molecular flexibility index (Phi) is 8.36. The molecule has 0 aliphatic heterocycles. The van der Waals surface area contributed by atoms with Crippen LogP contribution in [0.1, 0.15) is 22.8 Å². The van der Waals surface area contributed by atoms with Gasteiger partial charge in [0, 0.05) is 25.6 Å². The van der Waals surface area contributed by atoms with Gasteiger partial charge < -0.3 is 30.6 Å². The molecule has 4 N–H and O–H groups in total. The lowest BCUT2D eigenvalue weighted by Gasteiger charge is -2.15. The van der Waals surface area contributed by atoms with Crippen molar-refractivity contribution in [2.75, 3.05) is 31.5 Å². The summed E-state index contributed by atoms with van der Waals surface area (Å²) in [5, 5.41) is 6.24. The van der Waals surface area contributed by atoms with Crippen LogP contribution in [-0.2, 0) is 20.7 Å². The van der Waals surface area contributed by atoms with Crippen molar-refractivity contribution in [2.45, 2.75) is 19.4 Å². The van der Waals surface area contributed by atoms with Crippen LogP contribution in [0.2, 0.25) is 0 Å². The monoisotopic (exact) mass is 465 g/mol. The molecule has 3 aromatic rings. The predicted octanol–water partition coefficient (Wildman–Crippen LogP) is 3.19. The van der Waals surface area contributed by atoms with Crippen LogP contribution < -0.4 is 21.1 Å².